The minimum atomic E-state index is -4.39. The van der Waals surface area contributed by atoms with Crippen LogP contribution in [0.15, 0.2) is 24.3 Å². The molecule has 1 atom stereocenters. The highest BCUT2D eigenvalue weighted by Crippen LogP contribution is 2.43. The van der Waals surface area contributed by atoms with Crippen molar-refractivity contribution in [2.45, 2.75) is 26.1 Å². The summed E-state index contributed by atoms with van der Waals surface area (Å²) in [6, 6.07) is 5.23. The van der Waals surface area contributed by atoms with Gasteiger partial charge in [-0.05, 0) is 11.6 Å². The maximum Gasteiger partial charge on any atom is 0.416 e. The van der Waals surface area contributed by atoms with Crippen LogP contribution in [-0.2, 0) is 6.18 Å². The van der Waals surface area contributed by atoms with Gasteiger partial charge in [0.15, 0.2) is 0 Å². The SMILES string of the molecule is CC(C)(CO)[C@H](c1ccccc1C(F)(F)F)N1CCNCC1. The summed E-state index contributed by atoms with van der Waals surface area (Å²) >= 11 is 0. The van der Waals surface area contributed by atoms with Crippen molar-refractivity contribution in [2.24, 2.45) is 5.41 Å². The quantitative estimate of drug-likeness (QED) is 0.896. The van der Waals surface area contributed by atoms with Crippen molar-refractivity contribution in [3.63, 3.8) is 0 Å². The Labute approximate surface area is 129 Å². The second-order valence-corrected chi connectivity index (χ2v) is 6.42. The average molecular weight is 316 g/mol. The normalized spacial score (nSPS) is 19.2. The number of halogens is 3. The molecule has 1 aromatic carbocycles. The Morgan fingerprint density at radius 3 is 2.32 bits per heavy atom. The molecule has 0 aromatic heterocycles. The first-order valence-electron chi connectivity index (χ1n) is 7.49. The van der Waals surface area contributed by atoms with E-state index in [0.717, 1.165) is 19.2 Å². The molecule has 1 aromatic rings. The van der Waals surface area contributed by atoms with Gasteiger partial charge in [-0.3, -0.25) is 4.90 Å². The molecule has 2 rings (SSSR count). The predicted molar refractivity (Wildman–Crippen MR) is 79.5 cm³/mol. The van der Waals surface area contributed by atoms with Crippen molar-refractivity contribution in [3.05, 3.63) is 35.4 Å². The van der Waals surface area contributed by atoms with Gasteiger partial charge in [-0.2, -0.15) is 13.2 Å². The van der Waals surface area contributed by atoms with E-state index in [1.807, 2.05) is 18.7 Å². The predicted octanol–water partition coefficient (Wildman–Crippen LogP) is 2.67. The number of benzene rings is 1. The van der Waals surface area contributed by atoms with Crippen LogP contribution in [0, 0.1) is 5.41 Å². The van der Waals surface area contributed by atoms with Crippen LogP contribution in [-0.4, -0.2) is 42.8 Å². The molecule has 124 valence electrons. The Bertz CT molecular complexity index is 496. The van der Waals surface area contributed by atoms with Crippen molar-refractivity contribution < 1.29 is 18.3 Å². The van der Waals surface area contributed by atoms with E-state index < -0.39 is 23.2 Å². The topological polar surface area (TPSA) is 35.5 Å². The van der Waals surface area contributed by atoms with E-state index in [0.29, 0.717) is 13.1 Å². The van der Waals surface area contributed by atoms with E-state index >= 15 is 0 Å². The van der Waals surface area contributed by atoms with Crippen molar-refractivity contribution in [1.82, 2.24) is 10.2 Å². The number of hydrogen-bond acceptors (Lipinski definition) is 3. The molecule has 2 N–H and O–H groups in total. The zero-order valence-corrected chi connectivity index (χ0v) is 13.0. The monoisotopic (exact) mass is 316 g/mol. The van der Waals surface area contributed by atoms with Crippen LogP contribution in [0.4, 0.5) is 13.2 Å². The Morgan fingerprint density at radius 1 is 1.18 bits per heavy atom. The van der Waals surface area contributed by atoms with Crippen molar-refractivity contribution in [1.29, 1.82) is 0 Å². The molecule has 1 aliphatic heterocycles. The van der Waals surface area contributed by atoms with Crippen LogP contribution >= 0.6 is 0 Å². The van der Waals surface area contributed by atoms with Gasteiger partial charge in [0.25, 0.3) is 0 Å². The van der Waals surface area contributed by atoms with Gasteiger partial charge in [-0.25, -0.2) is 0 Å². The average Bonchev–Trinajstić information content (AvgIpc) is 2.48. The molecule has 0 radical (unpaired) electrons. The molecule has 0 spiro atoms. The number of rotatable bonds is 4. The number of hydrogen-bond donors (Lipinski definition) is 2. The summed E-state index contributed by atoms with van der Waals surface area (Å²) in [5.41, 5.74) is -1.03. The maximum absolute atomic E-state index is 13.4. The second kappa shape index (κ2) is 6.56. The third-order valence-electron chi connectivity index (χ3n) is 4.23. The summed E-state index contributed by atoms with van der Waals surface area (Å²) in [6.45, 7) is 6.27. The molecule has 0 aliphatic carbocycles. The van der Waals surface area contributed by atoms with Gasteiger partial charge in [0.05, 0.1) is 5.56 Å². The molecule has 0 unspecified atom stereocenters. The van der Waals surface area contributed by atoms with Crippen LogP contribution in [0.1, 0.15) is 31.0 Å². The molecule has 1 heterocycles. The highest BCUT2D eigenvalue weighted by molar-refractivity contribution is 5.34. The largest absolute Gasteiger partial charge is 0.416 e. The highest BCUT2D eigenvalue weighted by atomic mass is 19.4. The summed E-state index contributed by atoms with van der Waals surface area (Å²) < 4.78 is 40.1. The van der Waals surface area contributed by atoms with Gasteiger partial charge in [0.1, 0.15) is 0 Å². The molecule has 1 fully saturated rings. The summed E-state index contributed by atoms with van der Waals surface area (Å²) in [4.78, 5) is 2.04. The van der Waals surface area contributed by atoms with E-state index in [1.165, 1.54) is 12.1 Å². The van der Waals surface area contributed by atoms with E-state index in [4.69, 9.17) is 0 Å². The molecular weight excluding hydrogens is 293 g/mol. The smallest absolute Gasteiger partial charge is 0.396 e. The minimum Gasteiger partial charge on any atom is -0.396 e. The van der Waals surface area contributed by atoms with Crippen LogP contribution in [0.3, 0.4) is 0 Å². The fraction of sp³-hybridized carbons (Fsp3) is 0.625. The zero-order valence-electron chi connectivity index (χ0n) is 13.0. The Hall–Kier alpha value is -1.11. The van der Waals surface area contributed by atoms with E-state index in [1.54, 1.807) is 6.07 Å². The molecule has 1 aliphatic rings. The Kier molecular flexibility index (Phi) is 5.14. The van der Waals surface area contributed by atoms with Gasteiger partial charge in [0, 0.05) is 44.2 Å². The third-order valence-corrected chi connectivity index (χ3v) is 4.23. The summed E-state index contributed by atoms with van der Waals surface area (Å²) in [5, 5.41) is 12.9. The van der Waals surface area contributed by atoms with Crippen LogP contribution < -0.4 is 5.32 Å². The fourth-order valence-corrected chi connectivity index (χ4v) is 3.13. The minimum absolute atomic E-state index is 0.173. The van der Waals surface area contributed by atoms with Gasteiger partial charge in [-0.1, -0.05) is 32.0 Å². The summed E-state index contributed by atoms with van der Waals surface area (Å²) in [5.74, 6) is 0. The number of aliphatic hydroxyl groups is 1. The Morgan fingerprint density at radius 2 is 1.77 bits per heavy atom. The molecule has 22 heavy (non-hydrogen) atoms. The number of nitrogens with zero attached hydrogens (tertiary/aromatic N) is 1. The lowest BCUT2D eigenvalue weighted by Gasteiger charge is -2.44. The van der Waals surface area contributed by atoms with Gasteiger partial charge in [-0.15, -0.1) is 0 Å². The number of nitrogens with one attached hydrogen (secondary N) is 1. The standard InChI is InChI=1S/C16H23F3N2O/c1-15(2,11-22)14(21-9-7-20-8-10-21)12-5-3-4-6-13(12)16(17,18)19/h3-6,14,20,22H,7-11H2,1-2H3/t14-/m0/s1. The molecule has 6 heteroatoms. The second-order valence-electron chi connectivity index (χ2n) is 6.42. The van der Waals surface area contributed by atoms with E-state index in [9.17, 15) is 18.3 Å². The molecule has 0 saturated carbocycles. The van der Waals surface area contributed by atoms with E-state index in [2.05, 4.69) is 5.32 Å². The molecule has 3 nitrogen and oxygen atoms in total. The maximum atomic E-state index is 13.4. The fourth-order valence-electron chi connectivity index (χ4n) is 3.13. The van der Waals surface area contributed by atoms with Crippen molar-refractivity contribution >= 4 is 0 Å². The van der Waals surface area contributed by atoms with Gasteiger partial charge >= 0.3 is 6.18 Å². The first-order chi connectivity index (χ1) is 10.3. The van der Waals surface area contributed by atoms with Crippen LogP contribution in [0.2, 0.25) is 0 Å². The highest BCUT2D eigenvalue weighted by Gasteiger charge is 2.41. The molecular formula is C16H23F3N2O. The molecule has 0 bridgehead atoms. The molecule has 1 saturated heterocycles. The van der Waals surface area contributed by atoms with Gasteiger partial charge < -0.3 is 10.4 Å². The number of aliphatic hydroxyl groups excluding tert-OH is 1. The lowest BCUT2D eigenvalue weighted by molar-refractivity contribution is -0.139. The zero-order chi connectivity index (χ0) is 16.4. The van der Waals surface area contributed by atoms with Crippen LogP contribution in [0.5, 0.6) is 0 Å². The lowest BCUT2D eigenvalue weighted by atomic mass is 9.78. The molecule has 0 amide bonds. The first kappa shape index (κ1) is 17.2. The number of alkyl halides is 3. The van der Waals surface area contributed by atoms with Crippen molar-refractivity contribution in [3.8, 4) is 0 Å². The summed E-state index contributed by atoms with van der Waals surface area (Å²) in [7, 11) is 0. The number of piperazine rings is 1. The first-order valence-corrected chi connectivity index (χ1v) is 7.49. The van der Waals surface area contributed by atoms with Crippen molar-refractivity contribution in [2.75, 3.05) is 32.8 Å². The summed E-state index contributed by atoms with van der Waals surface area (Å²) in [6.07, 6.45) is -4.39. The van der Waals surface area contributed by atoms with E-state index in [-0.39, 0.29) is 12.2 Å². The Balaban J connectivity index is 2.50. The third kappa shape index (κ3) is 3.62. The van der Waals surface area contributed by atoms with Gasteiger partial charge in [0.2, 0.25) is 0 Å². The van der Waals surface area contributed by atoms with Crippen LogP contribution in [0.25, 0.3) is 0 Å². The lowest BCUT2D eigenvalue weighted by Crippen LogP contribution is -2.50.